The lowest BCUT2D eigenvalue weighted by molar-refractivity contribution is -0.139. The molecule has 0 radical (unpaired) electrons. The Morgan fingerprint density at radius 2 is 2.00 bits per heavy atom. The lowest BCUT2D eigenvalue weighted by Crippen LogP contribution is -2.34. The lowest BCUT2D eigenvalue weighted by atomic mass is 9.83. The molecule has 3 rings (SSSR count). The molecule has 2 heterocycles. The van der Waals surface area contributed by atoms with Gasteiger partial charge < -0.3 is 25.2 Å². The first kappa shape index (κ1) is 20.7. The molecule has 2 aliphatic rings. The summed E-state index contributed by atoms with van der Waals surface area (Å²) in [5.41, 5.74) is 8.30. The fraction of sp³-hybridized carbons (Fsp3) is 0.455. The summed E-state index contributed by atoms with van der Waals surface area (Å²) in [7, 11) is 0. The van der Waals surface area contributed by atoms with Gasteiger partial charge in [0.05, 0.1) is 18.1 Å². The highest BCUT2D eigenvalue weighted by molar-refractivity contribution is 5.92. The number of ether oxygens (including phenoxy) is 2. The first-order valence-corrected chi connectivity index (χ1v) is 9.91. The van der Waals surface area contributed by atoms with Crippen LogP contribution in [0.5, 0.6) is 0 Å². The SMILES string of the molecule is CCOC(=O)C1=C(C)OC(N)=C(C#N)C1c1ccc(N2CCC(CO)CC2)cc1. The Kier molecular flexibility index (Phi) is 6.45. The van der Waals surface area contributed by atoms with Gasteiger partial charge in [0.25, 0.3) is 0 Å². The Morgan fingerprint density at radius 3 is 2.55 bits per heavy atom. The van der Waals surface area contributed by atoms with Gasteiger partial charge in [-0.05, 0) is 50.3 Å². The van der Waals surface area contributed by atoms with Crippen molar-refractivity contribution in [1.82, 2.24) is 0 Å². The molecule has 0 aliphatic carbocycles. The number of allylic oxidation sites excluding steroid dienone is 2. The smallest absolute Gasteiger partial charge is 0.338 e. The van der Waals surface area contributed by atoms with Crippen molar-refractivity contribution >= 4 is 11.7 Å². The molecule has 2 aliphatic heterocycles. The third kappa shape index (κ3) is 4.22. The van der Waals surface area contributed by atoms with E-state index < -0.39 is 11.9 Å². The van der Waals surface area contributed by atoms with Crippen LogP contribution < -0.4 is 10.6 Å². The second-order valence-electron chi connectivity index (χ2n) is 7.32. The number of esters is 1. The quantitative estimate of drug-likeness (QED) is 0.735. The number of hydrogen-bond donors (Lipinski definition) is 2. The van der Waals surface area contributed by atoms with Crippen LogP contribution in [0.2, 0.25) is 0 Å². The van der Waals surface area contributed by atoms with Crippen molar-refractivity contribution in [3.8, 4) is 6.07 Å². The number of piperidine rings is 1. The molecule has 0 saturated carbocycles. The number of benzene rings is 1. The average molecular weight is 397 g/mol. The van der Waals surface area contributed by atoms with Crippen molar-refractivity contribution in [2.45, 2.75) is 32.6 Å². The molecular formula is C22H27N3O4. The van der Waals surface area contributed by atoms with E-state index in [9.17, 15) is 15.2 Å². The molecule has 7 nitrogen and oxygen atoms in total. The third-order valence-corrected chi connectivity index (χ3v) is 5.57. The highest BCUT2D eigenvalue weighted by atomic mass is 16.5. The molecule has 1 aromatic carbocycles. The summed E-state index contributed by atoms with van der Waals surface area (Å²) in [5.74, 6) is -0.398. The number of aliphatic hydroxyl groups is 1. The standard InChI is InChI=1S/C22H27N3O4/c1-3-28-22(27)19-14(2)29-21(24)18(12-23)20(19)16-4-6-17(7-5-16)25-10-8-15(13-26)9-11-25/h4-7,15,20,26H,3,8-11,13,24H2,1-2H3. The van der Waals surface area contributed by atoms with Gasteiger partial charge in [-0.1, -0.05) is 12.1 Å². The number of carbonyl (C=O) groups excluding carboxylic acids is 1. The molecule has 1 atom stereocenters. The fourth-order valence-electron chi connectivity index (χ4n) is 3.94. The predicted octanol–water partition coefficient (Wildman–Crippen LogP) is 2.54. The number of nitriles is 1. The van der Waals surface area contributed by atoms with E-state index >= 15 is 0 Å². The van der Waals surface area contributed by atoms with E-state index in [1.165, 1.54) is 0 Å². The molecule has 1 aromatic rings. The number of nitrogens with two attached hydrogens (primary N) is 1. The molecule has 1 saturated heterocycles. The van der Waals surface area contributed by atoms with E-state index in [4.69, 9.17) is 15.2 Å². The molecule has 0 amide bonds. The maximum atomic E-state index is 12.6. The second kappa shape index (κ2) is 9.01. The molecule has 0 spiro atoms. The molecular weight excluding hydrogens is 370 g/mol. The van der Waals surface area contributed by atoms with Crippen molar-refractivity contribution in [1.29, 1.82) is 5.26 Å². The van der Waals surface area contributed by atoms with Gasteiger partial charge in [-0.2, -0.15) is 5.26 Å². The summed E-state index contributed by atoms with van der Waals surface area (Å²) in [6.45, 7) is 5.64. The van der Waals surface area contributed by atoms with Crippen LogP contribution in [0.15, 0.2) is 47.1 Å². The largest absolute Gasteiger partial charge is 0.463 e. The molecule has 1 unspecified atom stereocenters. The fourth-order valence-corrected chi connectivity index (χ4v) is 3.94. The topological polar surface area (TPSA) is 109 Å². The zero-order chi connectivity index (χ0) is 21.0. The number of rotatable bonds is 5. The van der Waals surface area contributed by atoms with Gasteiger partial charge in [0.1, 0.15) is 17.4 Å². The normalized spacial score (nSPS) is 20.3. The average Bonchev–Trinajstić information content (AvgIpc) is 2.73. The van der Waals surface area contributed by atoms with E-state index in [-0.39, 0.29) is 24.7 Å². The minimum absolute atomic E-state index is 0.0122. The number of hydrogen-bond acceptors (Lipinski definition) is 7. The summed E-state index contributed by atoms with van der Waals surface area (Å²) in [6.07, 6.45) is 1.93. The predicted molar refractivity (Wildman–Crippen MR) is 108 cm³/mol. The van der Waals surface area contributed by atoms with Gasteiger partial charge in [-0.15, -0.1) is 0 Å². The molecule has 0 bridgehead atoms. The van der Waals surface area contributed by atoms with Gasteiger partial charge >= 0.3 is 5.97 Å². The van der Waals surface area contributed by atoms with Crippen LogP contribution in [0.25, 0.3) is 0 Å². The number of anilines is 1. The highest BCUT2D eigenvalue weighted by Gasteiger charge is 2.36. The summed E-state index contributed by atoms with van der Waals surface area (Å²) in [6, 6.07) is 9.91. The van der Waals surface area contributed by atoms with Crippen LogP contribution in [0.4, 0.5) is 5.69 Å². The Bertz CT molecular complexity index is 859. The van der Waals surface area contributed by atoms with Crippen molar-refractivity contribution in [2.75, 3.05) is 31.2 Å². The molecule has 29 heavy (non-hydrogen) atoms. The van der Waals surface area contributed by atoms with Crippen LogP contribution in [-0.2, 0) is 14.3 Å². The van der Waals surface area contributed by atoms with Gasteiger partial charge in [0.15, 0.2) is 0 Å². The molecule has 154 valence electrons. The Balaban J connectivity index is 1.90. The molecule has 1 fully saturated rings. The van der Waals surface area contributed by atoms with E-state index in [1.54, 1.807) is 13.8 Å². The number of aliphatic hydroxyl groups excluding tert-OH is 1. The van der Waals surface area contributed by atoms with Crippen molar-refractivity contribution in [3.05, 3.63) is 52.6 Å². The lowest BCUT2D eigenvalue weighted by Gasteiger charge is -2.33. The maximum absolute atomic E-state index is 12.6. The Labute approximate surface area is 171 Å². The van der Waals surface area contributed by atoms with Gasteiger partial charge in [-0.25, -0.2) is 4.79 Å². The van der Waals surface area contributed by atoms with Gasteiger partial charge in [-0.3, -0.25) is 0 Å². The molecule has 7 heteroatoms. The first-order valence-electron chi connectivity index (χ1n) is 9.91. The van der Waals surface area contributed by atoms with E-state index in [2.05, 4.69) is 11.0 Å². The molecule has 3 N–H and O–H groups in total. The van der Waals surface area contributed by atoms with Gasteiger partial charge in [0.2, 0.25) is 5.88 Å². The number of nitrogens with zero attached hydrogens (tertiary/aromatic N) is 2. The first-order chi connectivity index (χ1) is 14.0. The van der Waals surface area contributed by atoms with Crippen molar-refractivity contribution in [2.24, 2.45) is 11.7 Å². The maximum Gasteiger partial charge on any atom is 0.338 e. The van der Waals surface area contributed by atoms with Crippen LogP contribution in [-0.4, -0.2) is 37.4 Å². The summed E-state index contributed by atoms with van der Waals surface area (Å²) < 4.78 is 10.6. The zero-order valence-corrected chi connectivity index (χ0v) is 16.9. The Hall–Kier alpha value is -2.98. The van der Waals surface area contributed by atoms with Crippen LogP contribution in [0, 0.1) is 17.2 Å². The van der Waals surface area contributed by atoms with E-state index in [0.717, 1.165) is 37.2 Å². The minimum Gasteiger partial charge on any atom is -0.463 e. The van der Waals surface area contributed by atoms with E-state index in [1.807, 2.05) is 24.3 Å². The van der Waals surface area contributed by atoms with Gasteiger partial charge in [0, 0.05) is 25.4 Å². The number of carbonyl (C=O) groups is 1. The minimum atomic E-state index is -0.623. The van der Waals surface area contributed by atoms with Crippen molar-refractivity contribution in [3.63, 3.8) is 0 Å². The summed E-state index contributed by atoms with van der Waals surface area (Å²) >= 11 is 0. The van der Waals surface area contributed by atoms with Crippen molar-refractivity contribution < 1.29 is 19.4 Å². The van der Waals surface area contributed by atoms with Crippen LogP contribution in [0.3, 0.4) is 0 Å². The monoisotopic (exact) mass is 397 g/mol. The third-order valence-electron chi connectivity index (χ3n) is 5.57. The van der Waals surface area contributed by atoms with Crippen LogP contribution >= 0.6 is 0 Å². The Morgan fingerprint density at radius 1 is 1.34 bits per heavy atom. The van der Waals surface area contributed by atoms with Crippen LogP contribution in [0.1, 0.15) is 38.2 Å². The van der Waals surface area contributed by atoms with E-state index in [0.29, 0.717) is 17.3 Å². The highest BCUT2D eigenvalue weighted by Crippen LogP contribution is 2.40. The molecule has 0 aromatic heterocycles. The zero-order valence-electron chi connectivity index (χ0n) is 16.9. The summed E-state index contributed by atoms with van der Waals surface area (Å²) in [5, 5.41) is 19.0. The summed E-state index contributed by atoms with van der Waals surface area (Å²) in [4.78, 5) is 14.9. The second-order valence-corrected chi connectivity index (χ2v) is 7.32.